The van der Waals surface area contributed by atoms with Crippen LogP contribution in [0.25, 0.3) is 10.8 Å². The highest BCUT2D eigenvalue weighted by atomic mass is 16.5. The lowest BCUT2D eigenvalue weighted by Gasteiger charge is -2.26. The Kier molecular flexibility index (Phi) is 6.25. The van der Waals surface area contributed by atoms with Crippen molar-refractivity contribution in [3.05, 3.63) is 48.0 Å². The number of nitrogens with zero attached hydrogens (tertiary/aromatic N) is 1. The van der Waals surface area contributed by atoms with Crippen LogP contribution in [0.5, 0.6) is 0 Å². The molecule has 3 rings (SSSR count). The third-order valence-corrected chi connectivity index (χ3v) is 4.68. The van der Waals surface area contributed by atoms with E-state index in [9.17, 15) is 4.79 Å². The smallest absolute Gasteiger partial charge is 0.315 e. The fourth-order valence-electron chi connectivity index (χ4n) is 3.28. The minimum absolute atomic E-state index is 0.0367. The quantitative estimate of drug-likeness (QED) is 0.795. The van der Waals surface area contributed by atoms with Gasteiger partial charge < -0.3 is 15.4 Å². The molecular formula is C20H27N3O2. The lowest BCUT2D eigenvalue weighted by molar-refractivity contribution is 0.0375. The molecule has 0 bridgehead atoms. The largest absolute Gasteiger partial charge is 0.379 e. The predicted molar refractivity (Wildman–Crippen MR) is 101 cm³/mol. The Morgan fingerprint density at radius 2 is 1.92 bits per heavy atom. The summed E-state index contributed by atoms with van der Waals surface area (Å²) in [6.07, 6.45) is 0.954. The van der Waals surface area contributed by atoms with E-state index in [0.717, 1.165) is 44.8 Å². The maximum absolute atomic E-state index is 12.2. The number of fused-ring (bicyclic) bond motifs is 1. The molecule has 1 fully saturated rings. The second kappa shape index (κ2) is 8.83. The first-order valence-electron chi connectivity index (χ1n) is 9.06. The highest BCUT2D eigenvalue weighted by Crippen LogP contribution is 2.23. The number of ether oxygens (including phenoxy) is 1. The number of hydrogen-bond acceptors (Lipinski definition) is 3. The lowest BCUT2D eigenvalue weighted by Crippen LogP contribution is -2.40. The molecule has 1 unspecified atom stereocenters. The van der Waals surface area contributed by atoms with Gasteiger partial charge in [-0.25, -0.2) is 4.79 Å². The van der Waals surface area contributed by atoms with E-state index in [2.05, 4.69) is 39.8 Å². The SMILES string of the molecule is CC(NC(=O)NCCCN1CCOCC1)c1cccc2ccccc12. The highest BCUT2D eigenvalue weighted by Gasteiger charge is 2.12. The van der Waals surface area contributed by atoms with Crippen molar-refractivity contribution in [1.82, 2.24) is 15.5 Å². The van der Waals surface area contributed by atoms with Gasteiger partial charge in [-0.3, -0.25) is 4.90 Å². The molecule has 5 nitrogen and oxygen atoms in total. The Balaban J connectivity index is 1.45. The van der Waals surface area contributed by atoms with Crippen molar-refractivity contribution >= 4 is 16.8 Å². The Bertz CT molecular complexity index is 693. The molecule has 2 amide bonds. The molecule has 5 heteroatoms. The molecule has 134 valence electrons. The topological polar surface area (TPSA) is 53.6 Å². The number of urea groups is 1. The van der Waals surface area contributed by atoms with E-state index >= 15 is 0 Å². The average molecular weight is 341 g/mol. The van der Waals surface area contributed by atoms with Gasteiger partial charge in [-0.15, -0.1) is 0 Å². The molecule has 2 N–H and O–H groups in total. The van der Waals surface area contributed by atoms with E-state index in [1.165, 1.54) is 10.8 Å². The van der Waals surface area contributed by atoms with Gasteiger partial charge in [0.2, 0.25) is 0 Å². The Morgan fingerprint density at radius 3 is 2.76 bits per heavy atom. The van der Waals surface area contributed by atoms with E-state index in [1.54, 1.807) is 0 Å². The van der Waals surface area contributed by atoms with E-state index in [-0.39, 0.29) is 12.1 Å². The molecule has 2 aromatic carbocycles. The first-order valence-corrected chi connectivity index (χ1v) is 9.06. The fourth-order valence-corrected chi connectivity index (χ4v) is 3.28. The second-order valence-corrected chi connectivity index (χ2v) is 6.50. The number of carbonyl (C=O) groups is 1. The minimum Gasteiger partial charge on any atom is -0.379 e. The average Bonchev–Trinajstić information content (AvgIpc) is 2.65. The van der Waals surface area contributed by atoms with Crippen LogP contribution in [0.2, 0.25) is 0 Å². The van der Waals surface area contributed by atoms with E-state index in [1.807, 2.05) is 25.1 Å². The molecule has 0 spiro atoms. The summed E-state index contributed by atoms with van der Waals surface area (Å²) in [6, 6.07) is 14.3. The Labute approximate surface area is 149 Å². The van der Waals surface area contributed by atoms with Crippen LogP contribution in [0.1, 0.15) is 24.9 Å². The third-order valence-electron chi connectivity index (χ3n) is 4.68. The number of hydrogen-bond donors (Lipinski definition) is 2. The van der Waals surface area contributed by atoms with E-state index < -0.39 is 0 Å². The summed E-state index contributed by atoms with van der Waals surface area (Å²) < 4.78 is 5.34. The molecular weight excluding hydrogens is 314 g/mol. The molecule has 2 aromatic rings. The number of rotatable bonds is 6. The summed E-state index contributed by atoms with van der Waals surface area (Å²) in [5.74, 6) is 0. The normalized spacial score (nSPS) is 16.5. The van der Waals surface area contributed by atoms with Crippen LogP contribution in [0.4, 0.5) is 4.79 Å². The summed E-state index contributed by atoms with van der Waals surface area (Å²) in [5, 5.41) is 8.39. The van der Waals surface area contributed by atoms with E-state index in [0.29, 0.717) is 6.54 Å². The summed E-state index contributed by atoms with van der Waals surface area (Å²) in [6.45, 7) is 7.32. The molecule has 1 atom stereocenters. The third kappa shape index (κ3) is 4.94. The maximum atomic E-state index is 12.2. The molecule has 0 aromatic heterocycles. The van der Waals surface area contributed by atoms with Gasteiger partial charge in [0.05, 0.1) is 19.3 Å². The molecule has 0 radical (unpaired) electrons. The Morgan fingerprint density at radius 1 is 1.16 bits per heavy atom. The van der Waals surface area contributed by atoms with Gasteiger partial charge in [0.25, 0.3) is 0 Å². The van der Waals surface area contributed by atoms with Gasteiger partial charge in [-0.05, 0) is 36.2 Å². The van der Waals surface area contributed by atoms with Crippen molar-refractivity contribution in [2.75, 3.05) is 39.4 Å². The number of amides is 2. The molecule has 1 aliphatic rings. The predicted octanol–water partition coefficient (Wildman–Crippen LogP) is 2.92. The van der Waals surface area contributed by atoms with Gasteiger partial charge in [-0.2, -0.15) is 0 Å². The van der Waals surface area contributed by atoms with Gasteiger partial charge in [0.15, 0.2) is 0 Å². The molecule has 25 heavy (non-hydrogen) atoms. The number of morpholine rings is 1. The summed E-state index contributed by atoms with van der Waals surface area (Å²) in [4.78, 5) is 14.5. The monoisotopic (exact) mass is 341 g/mol. The fraction of sp³-hybridized carbons (Fsp3) is 0.450. The summed E-state index contributed by atoms with van der Waals surface area (Å²) in [5.41, 5.74) is 1.14. The molecule has 1 saturated heterocycles. The molecule has 1 aliphatic heterocycles. The maximum Gasteiger partial charge on any atom is 0.315 e. The first-order chi connectivity index (χ1) is 12.2. The van der Waals surface area contributed by atoms with E-state index in [4.69, 9.17) is 4.74 Å². The van der Waals surface area contributed by atoms with Crippen molar-refractivity contribution in [2.24, 2.45) is 0 Å². The van der Waals surface area contributed by atoms with Crippen molar-refractivity contribution in [2.45, 2.75) is 19.4 Å². The minimum atomic E-state index is -0.109. The van der Waals surface area contributed by atoms with Gasteiger partial charge in [0, 0.05) is 19.6 Å². The zero-order valence-electron chi connectivity index (χ0n) is 14.8. The van der Waals surface area contributed by atoms with Crippen LogP contribution in [0.15, 0.2) is 42.5 Å². The van der Waals surface area contributed by atoms with Crippen LogP contribution in [0.3, 0.4) is 0 Å². The lowest BCUT2D eigenvalue weighted by atomic mass is 10.00. The van der Waals surface area contributed by atoms with Crippen LogP contribution < -0.4 is 10.6 Å². The highest BCUT2D eigenvalue weighted by molar-refractivity contribution is 5.86. The Hall–Kier alpha value is -2.11. The van der Waals surface area contributed by atoms with Crippen molar-refractivity contribution < 1.29 is 9.53 Å². The zero-order valence-corrected chi connectivity index (χ0v) is 14.8. The van der Waals surface area contributed by atoms with Crippen LogP contribution in [0, 0.1) is 0 Å². The molecule has 0 aliphatic carbocycles. The summed E-state index contributed by atoms with van der Waals surface area (Å²) >= 11 is 0. The number of benzene rings is 2. The standard InChI is InChI=1S/C20H27N3O2/c1-16(18-9-4-7-17-6-2-3-8-19(17)18)22-20(24)21-10-5-11-23-12-14-25-15-13-23/h2-4,6-9,16H,5,10-15H2,1H3,(H2,21,22,24). The second-order valence-electron chi connectivity index (χ2n) is 6.50. The van der Waals surface area contributed by atoms with Gasteiger partial charge >= 0.3 is 6.03 Å². The van der Waals surface area contributed by atoms with Gasteiger partial charge in [0.1, 0.15) is 0 Å². The van der Waals surface area contributed by atoms with Crippen molar-refractivity contribution in [1.29, 1.82) is 0 Å². The molecule has 0 saturated carbocycles. The van der Waals surface area contributed by atoms with Gasteiger partial charge in [-0.1, -0.05) is 42.5 Å². The number of nitrogens with one attached hydrogen (secondary N) is 2. The van der Waals surface area contributed by atoms with Crippen LogP contribution in [-0.4, -0.2) is 50.3 Å². The number of carbonyl (C=O) groups excluding carboxylic acids is 1. The van der Waals surface area contributed by atoms with Crippen molar-refractivity contribution in [3.63, 3.8) is 0 Å². The first kappa shape index (κ1) is 17.7. The zero-order chi connectivity index (χ0) is 17.5. The molecule has 1 heterocycles. The van der Waals surface area contributed by atoms with Crippen LogP contribution >= 0.6 is 0 Å². The summed E-state index contributed by atoms with van der Waals surface area (Å²) in [7, 11) is 0. The van der Waals surface area contributed by atoms with Crippen LogP contribution in [-0.2, 0) is 4.74 Å². The van der Waals surface area contributed by atoms with Crippen molar-refractivity contribution in [3.8, 4) is 0 Å².